The van der Waals surface area contributed by atoms with E-state index in [0.29, 0.717) is 11.3 Å². The van der Waals surface area contributed by atoms with E-state index in [2.05, 4.69) is 0 Å². The molecule has 1 aromatic carbocycles. The van der Waals surface area contributed by atoms with Gasteiger partial charge in [-0.1, -0.05) is 12.1 Å². The Morgan fingerprint density at radius 2 is 2.14 bits per heavy atom. The van der Waals surface area contributed by atoms with E-state index in [-0.39, 0.29) is 12.2 Å². The molecule has 5 heteroatoms. The zero-order valence-corrected chi connectivity index (χ0v) is 7.17. The molecule has 0 aliphatic carbocycles. The van der Waals surface area contributed by atoms with Crippen LogP contribution in [-0.2, 0) is 0 Å². The molecule has 1 aromatic rings. The summed E-state index contributed by atoms with van der Waals surface area (Å²) in [5, 5.41) is 10.4. The second-order valence-corrected chi connectivity index (χ2v) is 2.98. The van der Waals surface area contributed by atoms with Crippen LogP contribution in [0.3, 0.4) is 0 Å². The topological polar surface area (TPSA) is 69.4 Å². The minimum atomic E-state index is -1.24. The van der Waals surface area contributed by atoms with Gasteiger partial charge < -0.3 is 4.74 Å². The first-order chi connectivity index (χ1) is 6.68. The van der Waals surface area contributed by atoms with Gasteiger partial charge >= 0.3 is 6.23 Å². The lowest BCUT2D eigenvalue weighted by atomic mass is 10.0. The SMILES string of the molecule is O=C1CC([N+](=O)[O-])Oc2ccccc21. The van der Waals surface area contributed by atoms with Gasteiger partial charge in [0.2, 0.25) is 0 Å². The van der Waals surface area contributed by atoms with Crippen molar-refractivity contribution in [2.45, 2.75) is 12.6 Å². The van der Waals surface area contributed by atoms with Gasteiger partial charge in [0.25, 0.3) is 0 Å². The molecule has 5 nitrogen and oxygen atoms in total. The minimum absolute atomic E-state index is 0.190. The molecule has 0 amide bonds. The van der Waals surface area contributed by atoms with Crippen LogP contribution in [0.5, 0.6) is 5.75 Å². The maximum atomic E-state index is 11.4. The number of rotatable bonds is 1. The Kier molecular flexibility index (Phi) is 1.92. The molecular formula is C9H7NO4. The molecule has 2 rings (SSSR count). The van der Waals surface area contributed by atoms with Gasteiger partial charge in [-0.05, 0) is 12.1 Å². The van der Waals surface area contributed by atoms with Crippen molar-refractivity contribution >= 4 is 5.78 Å². The van der Waals surface area contributed by atoms with Crippen molar-refractivity contribution in [1.29, 1.82) is 0 Å². The predicted molar refractivity (Wildman–Crippen MR) is 46.8 cm³/mol. The number of para-hydroxylation sites is 1. The van der Waals surface area contributed by atoms with Crippen LogP contribution in [-0.4, -0.2) is 16.9 Å². The third-order valence-electron chi connectivity index (χ3n) is 2.05. The molecule has 1 heterocycles. The lowest BCUT2D eigenvalue weighted by Gasteiger charge is -2.18. The van der Waals surface area contributed by atoms with Crippen molar-refractivity contribution in [3.63, 3.8) is 0 Å². The zero-order chi connectivity index (χ0) is 10.1. The molecule has 1 atom stereocenters. The molecule has 1 aliphatic rings. The van der Waals surface area contributed by atoms with Crippen LogP contribution in [0.4, 0.5) is 0 Å². The Balaban J connectivity index is 2.38. The summed E-state index contributed by atoms with van der Waals surface area (Å²) < 4.78 is 5.04. The average molecular weight is 193 g/mol. The van der Waals surface area contributed by atoms with Gasteiger partial charge in [-0.2, -0.15) is 0 Å². The van der Waals surface area contributed by atoms with Crippen LogP contribution in [0.2, 0.25) is 0 Å². The summed E-state index contributed by atoms with van der Waals surface area (Å²) in [7, 11) is 0. The highest BCUT2D eigenvalue weighted by molar-refractivity contribution is 5.99. The number of nitrogens with zero attached hydrogens (tertiary/aromatic N) is 1. The average Bonchev–Trinajstić information content (AvgIpc) is 2.17. The van der Waals surface area contributed by atoms with E-state index >= 15 is 0 Å². The summed E-state index contributed by atoms with van der Waals surface area (Å²) in [6, 6.07) is 6.54. The molecule has 0 N–H and O–H groups in total. The van der Waals surface area contributed by atoms with Crippen LogP contribution in [0.1, 0.15) is 16.8 Å². The fraction of sp³-hybridized carbons (Fsp3) is 0.222. The number of ketones is 1. The molecule has 0 saturated heterocycles. The number of carbonyl (C=O) groups excluding carboxylic acids is 1. The van der Waals surface area contributed by atoms with Gasteiger partial charge in [0, 0.05) is 0 Å². The van der Waals surface area contributed by atoms with Gasteiger partial charge in [0.1, 0.15) is 12.2 Å². The molecule has 1 aliphatic heterocycles. The normalized spacial score (nSPS) is 19.7. The maximum absolute atomic E-state index is 11.4. The second-order valence-electron chi connectivity index (χ2n) is 2.98. The number of carbonyl (C=O) groups is 1. The summed E-state index contributed by atoms with van der Waals surface area (Å²) in [6.45, 7) is 0. The summed E-state index contributed by atoms with van der Waals surface area (Å²) in [4.78, 5) is 21.3. The van der Waals surface area contributed by atoms with Crippen LogP contribution in [0.25, 0.3) is 0 Å². The molecule has 0 saturated carbocycles. The second kappa shape index (κ2) is 3.10. The Hall–Kier alpha value is -1.91. The van der Waals surface area contributed by atoms with Crippen molar-refractivity contribution < 1.29 is 14.5 Å². The Bertz CT molecular complexity index is 402. The highest BCUT2D eigenvalue weighted by atomic mass is 16.7. The molecule has 0 aromatic heterocycles. The van der Waals surface area contributed by atoms with Crippen LogP contribution >= 0.6 is 0 Å². The van der Waals surface area contributed by atoms with Crippen LogP contribution in [0, 0.1) is 10.1 Å². The molecule has 0 bridgehead atoms. The van der Waals surface area contributed by atoms with Gasteiger partial charge in [-0.15, -0.1) is 0 Å². The minimum Gasteiger partial charge on any atom is -0.429 e. The summed E-state index contributed by atoms with van der Waals surface area (Å²) in [5.74, 6) is 0.0546. The van der Waals surface area contributed by atoms with Crippen molar-refractivity contribution in [3.05, 3.63) is 39.9 Å². The first-order valence-electron chi connectivity index (χ1n) is 4.11. The molecule has 0 radical (unpaired) electrons. The maximum Gasteiger partial charge on any atom is 0.361 e. The molecule has 72 valence electrons. The summed E-state index contributed by atoms with van der Waals surface area (Å²) in [6.07, 6.45) is -1.43. The van der Waals surface area contributed by atoms with Gasteiger partial charge in [0.05, 0.1) is 10.5 Å². The number of nitro groups is 1. The van der Waals surface area contributed by atoms with Gasteiger partial charge in [-0.25, -0.2) is 0 Å². The van der Waals surface area contributed by atoms with E-state index in [0.717, 1.165) is 0 Å². The van der Waals surface area contributed by atoms with E-state index in [1.165, 1.54) is 0 Å². The third-order valence-corrected chi connectivity index (χ3v) is 2.05. The fourth-order valence-corrected chi connectivity index (χ4v) is 1.37. The molecule has 14 heavy (non-hydrogen) atoms. The lowest BCUT2D eigenvalue weighted by molar-refractivity contribution is -0.561. The van der Waals surface area contributed by atoms with Crippen molar-refractivity contribution in [2.24, 2.45) is 0 Å². The first-order valence-corrected chi connectivity index (χ1v) is 4.11. The third kappa shape index (κ3) is 1.32. The molecule has 0 spiro atoms. The van der Waals surface area contributed by atoms with E-state index in [1.54, 1.807) is 24.3 Å². The fourth-order valence-electron chi connectivity index (χ4n) is 1.37. The monoisotopic (exact) mass is 193 g/mol. The summed E-state index contributed by atoms with van der Waals surface area (Å²) >= 11 is 0. The van der Waals surface area contributed by atoms with E-state index in [4.69, 9.17) is 4.74 Å². The number of hydrogen-bond donors (Lipinski definition) is 0. The predicted octanol–water partition coefficient (Wildman–Crippen LogP) is 1.25. The highest BCUT2D eigenvalue weighted by Crippen LogP contribution is 2.26. The molecule has 0 fully saturated rings. The van der Waals surface area contributed by atoms with E-state index in [9.17, 15) is 14.9 Å². The quantitative estimate of drug-likeness (QED) is 0.497. The van der Waals surface area contributed by atoms with Crippen molar-refractivity contribution in [1.82, 2.24) is 0 Å². The lowest BCUT2D eigenvalue weighted by Crippen LogP contribution is -2.33. The Morgan fingerprint density at radius 1 is 1.43 bits per heavy atom. The largest absolute Gasteiger partial charge is 0.429 e. The van der Waals surface area contributed by atoms with E-state index < -0.39 is 11.2 Å². The molecular weight excluding hydrogens is 186 g/mol. The van der Waals surface area contributed by atoms with Gasteiger partial charge in [0.15, 0.2) is 5.78 Å². The Labute approximate surface area is 79.4 Å². The van der Waals surface area contributed by atoms with Crippen LogP contribution in [0.15, 0.2) is 24.3 Å². The standard InChI is InChI=1S/C9H7NO4/c11-7-5-9(10(12)13)14-8-4-2-1-3-6(7)8/h1-4,9H,5H2. The van der Waals surface area contributed by atoms with Crippen LogP contribution < -0.4 is 4.74 Å². The zero-order valence-electron chi connectivity index (χ0n) is 7.17. The number of ether oxygens (including phenoxy) is 1. The highest BCUT2D eigenvalue weighted by Gasteiger charge is 2.33. The van der Waals surface area contributed by atoms with Crippen molar-refractivity contribution in [3.8, 4) is 5.75 Å². The van der Waals surface area contributed by atoms with Gasteiger partial charge in [-0.3, -0.25) is 14.9 Å². The molecule has 1 unspecified atom stereocenters. The number of benzene rings is 1. The number of Topliss-reactive ketones (excluding diaryl/α,β-unsaturated/α-hetero) is 1. The summed E-state index contributed by atoms with van der Waals surface area (Å²) in [5.41, 5.74) is 0.422. The smallest absolute Gasteiger partial charge is 0.361 e. The number of fused-ring (bicyclic) bond motifs is 1. The Morgan fingerprint density at radius 3 is 2.86 bits per heavy atom. The number of hydrogen-bond acceptors (Lipinski definition) is 4. The first kappa shape index (κ1) is 8.68. The van der Waals surface area contributed by atoms with Crippen molar-refractivity contribution in [2.75, 3.05) is 0 Å². The van der Waals surface area contributed by atoms with E-state index in [1.807, 2.05) is 0 Å².